The number of nitrogens with one attached hydrogen (secondary N) is 2. The quantitative estimate of drug-likeness (QED) is 0.602. The number of rotatable bonds is 8. The van der Waals surface area contributed by atoms with Crippen molar-refractivity contribution in [3.05, 3.63) is 47.5 Å². The van der Waals surface area contributed by atoms with Crippen molar-refractivity contribution < 1.29 is 37.0 Å². The Morgan fingerprint density at radius 1 is 1.09 bits per heavy atom. The zero-order valence-electron chi connectivity index (χ0n) is 18.3. The molecule has 1 aliphatic rings. The van der Waals surface area contributed by atoms with Gasteiger partial charge in [-0.15, -0.1) is 0 Å². The van der Waals surface area contributed by atoms with Gasteiger partial charge in [-0.2, -0.15) is 13.2 Å². The van der Waals surface area contributed by atoms with E-state index in [-0.39, 0.29) is 24.2 Å². The van der Waals surface area contributed by atoms with E-state index < -0.39 is 29.7 Å². The number of ether oxygens (including phenoxy) is 3. The summed E-state index contributed by atoms with van der Waals surface area (Å²) in [6.45, 7) is 0.443. The normalized spacial score (nSPS) is 15.7. The summed E-state index contributed by atoms with van der Waals surface area (Å²) in [5.74, 6) is 0.0308. The average molecular weight is 466 g/mol. The van der Waals surface area contributed by atoms with Crippen LogP contribution in [0.15, 0.2) is 36.4 Å². The van der Waals surface area contributed by atoms with Crippen molar-refractivity contribution in [1.29, 1.82) is 0 Å². The monoisotopic (exact) mass is 466 g/mol. The summed E-state index contributed by atoms with van der Waals surface area (Å²) in [5.41, 5.74) is -0.780. The lowest BCUT2D eigenvalue weighted by molar-refractivity contribution is -0.137. The summed E-state index contributed by atoms with van der Waals surface area (Å²) < 4.78 is 56.6. The first-order chi connectivity index (χ1) is 15.7. The van der Waals surface area contributed by atoms with Crippen LogP contribution in [0.4, 0.5) is 24.5 Å². The van der Waals surface area contributed by atoms with Crippen molar-refractivity contribution in [2.75, 3.05) is 31.5 Å². The second-order valence-electron chi connectivity index (χ2n) is 7.47. The fourth-order valence-corrected chi connectivity index (χ4v) is 3.51. The van der Waals surface area contributed by atoms with Gasteiger partial charge < -0.3 is 24.8 Å². The maximum Gasteiger partial charge on any atom is 0.418 e. The van der Waals surface area contributed by atoms with Crippen LogP contribution in [0.2, 0.25) is 0 Å². The Morgan fingerprint density at radius 3 is 2.52 bits per heavy atom. The molecule has 2 N–H and O–H groups in total. The van der Waals surface area contributed by atoms with E-state index >= 15 is 0 Å². The summed E-state index contributed by atoms with van der Waals surface area (Å²) in [4.78, 5) is 24.6. The lowest BCUT2D eigenvalue weighted by atomic mass is 10.1. The van der Waals surface area contributed by atoms with Gasteiger partial charge in [0.15, 0.2) is 0 Å². The number of methoxy groups -OCH3 is 2. The smallest absolute Gasteiger partial charge is 0.418 e. The van der Waals surface area contributed by atoms with Crippen LogP contribution in [-0.4, -0.2) is 38.7 Å². The molecule has 0 spiro atoms. The molecule has 0 aromatic heterocycles. The average Bonchev–Trinajstić information content (AvgIpc) is 3.33. The minimum atomic E-state index is -4.73. The number of anilines is 2. The molecule has 10 heteroatoms. The topological polar surface area (TPSA) is 85.9 Å². The van der Waals surface area contributed by atoms with E-state index in [4.69, 9.17) is 14.2 Å². The predicted molar refractivity (Wildman–Crippen MR) is 116 cm³/mol. The summed E-state index contributed by atoms with van der Waals surface area (Å²) in [7, 11) is 2.99. The Morgan fingerprint density at radius 2 is 1.88 bits per heavy atom. The van der Waals surface area contributed by atoms with E-state index in [2.05, 4.69) is 10.6 Å². The highest BCUT2D eigenvalue weighted by molar-refractivity contribution is 5.96. The van der Waals surface area contributed by atoms with Crippen LogP contribution in [0.3, 0.4) is 0 Å². The SMILES string of the molecule is COc1ccc(OC)c(CCC(=O)Nc2ccc(NC(=O)C3CCCO3)cc2C(F)(F)F)c1. The Hall–Kier alpha value is -3.27. The summed E-state index contributed by atoms with van der Waals surface area (Å²) in [5, 5.41) is 4.77. The highest BCUT2D eigenvalue weighted by Crippen LogP contribution is 2.37. The van der Waals surface area contributed by atoms with E-state index in [1.165, 1.54) is 20.3 Å². The first kappa shape index (κ1) is 24.4. The molecule has 1 unspecified atom stereocenters. The van der Waals surface area contributed by atoms with Gasteiger partial charge >= 0.3 is 6.18 Å². The predicted octanol–water partition coefficient (Wildman–Crippen LogP) is 4.41. The van der Waals surface area contributed by atoms with Gasteiger partial charge in [0.1, 0.15) is 17.6 Å². The molecule has 1 fully saturated rings. The van der Waals surface area contributed by atoms with E-state index in [1.54, 1.807) is 18.2 Å². The van der Waals surface area contributed by atoms with Crippen LogP contribution in [0.1, 0.15) is 30.4 Å². The van der Waals surface area contributed by atoms with Crippen LogP contribution >= 0.6 is 0 Å². The van der Waals surface area contributed by atoms with Crippen LogP contribution in [0.25, 0.3) is 0 Å². The molecule has 33 heavy (non-hydrogen) atoms. The lowest BCUT2D eigenvalue weighted by Gasteiger charge is -2.17. The minimum Gasteiger partial charge on any atom is -0.497 e. The van der Waals surface area contributed by atoms with Crippen LogP contribution < -0.4 is 20.1 Å². The van der Waals surface area contributed by atoms with Gasteiger partial charge in [-0.05, 0) is 61.2 Å². The number of hydrogen-bond acceptors (Lipinski definition) is 5. The van der Waals surface area contributed by atoms with E-state index in [9.17, 15) is 22.8 Å². The molecule has 7 nitrogen and oxygen atoms in total. The van der Waals surface area contributed by atoms with Crippen molar-refractivity contribution in [3.63, 3.8) is 0 Å². The van der Waals surface area contributed by atoms with Crippen molar-refractivity contribution >= 4 is 23.2 Å². The molecule has 2 aromatic carbocycles. The minimum absolute atomic E-state index is 0.0260. The number of halogens is 3. The Balaban J connectivity index is 1.70. The Kier molecular flexibility index (Phi) is 7.80. The molecule has 1 atom stereocenters. The zero-order chi connectivity index (χ0) is 24.0. The third-order valence-electron chi connectivity index (χ3n) is 5.20. The van der Waals surface area contributed by atoms with Crippen molar-refractivity contribution in [3.8, 4) is 11.5 Å². The molecular formula is C23H25F3N2O5. The number of hydrogen-bond donors (Lipinski definition) is 2. The van der Waals surface area contributed by atoms with E-state index in [0.29, 0.717) is 30.1 Å². The van der Waals surface area contributed by atoms with Crippen LogP contribution in [-0.2, 0) is 26.9 Å². The van der Waals surface area contributed by atoms with Gasteiger partial charge in [0.2, 0.25) is 5.91 Å². The number of benzene rings is 2. The number of carbonyl (C=O) groups excluding carboxylic acids is 2. The summed E-state index contributed by atoms with van der Waals surface area (Å²) in [6, 6.07) is 8.34. The van der Waals surface area contributed by atoms with E-state index in [1.807, 2.05) is 0 Å². The first-order valence-electron chi connectivity index (χ1n) is 10.4. The number of amides is 2. The van der Waals surface area contributed by atoms with Gasteiger partial charge in [-0.1, -0.05) is 0 Å². The Labute approximate surface area is 189 Å². The maximum atomic E-state index is 13.6. The summed E-state index contributed by atoms with van der Waals surface area (Å²) in [6.07, 6.45) is -4.00. The largest absolute Gasteiger partial charge is 0.497 e. The molecule has 0 aliphatic carbocycles. The zero-order valence-corrected chi connectivity index (χ0v) is 18.3. The first-order valence-corrected chi connectivity index (χ1v) is 10.4. The molecule has 3 rings (SSSR count). The molecule has 0 bridgehead atoms. The maximum absolute atomic E-state index is 13.6. The van der Waals surface area contributed by atoms with Crippen molar-refractivity contribution in [2.24, 2.45) is 0 Å². The fraction of sp³-hybridized carbons (Fsp3) is 0.391. The molecule has 2 amide bonds. The molecule has 1 saturated heterocycles. The third-order valence-corrected chi connectivity index (χ3v) is 5.20. The number of aryl methyl sites for hydroxylation is 1. The lowest BCUT2D eigenvalue weighted by Crippen LogP contribution is -2.27. The number of alkyl halides is 3. The molecule has 1 aliphatic heterocycles. The molecule has 2 aromatic rings. The standard InChI is InChI=1S/C23H25F3N2O5/c1-31-16-7-9-19(32-2)14(12-16)5-10-21(29)28-18-8-6-15(13-17(18)23(24,25)26)27-22(30)20-4-3-11-33-20/h6-9,12-13,20H,3-5,10-11H2,1-2H3,(H,27,30)(H,28,29). The van der Waals surface area contributed by atoms with Gasteiger partial charge in [-0.25, -0.2) is 0 Å². The molecular weight excluding hydrogens is 441 g/mol. The summed E-state index contributed by atoms with van der Waals surface area (Å²) >= 11 is 0. The highest BCUT2D eigenvalue weighted by Gasteiger charge is 2.35. The van der Waals surface area contributed by atoms with Gasteiger partial charge in [-0.3, -0.25) is 9.59 Å². The van der Waals surface area contributed by atoms with Gasteiger partial charge in [0, 0.05) is 18.7 Å². The highest BCUT2D eigenvalue weighted by atomic mass is 19.4. The second kappa shape index (κ2) is 10.6. The Bertz CT molecular complexity index is 1000. The number of carbonyl (C=O) groups is 2. The molecule has 0 saturated carbocycles. The molecule has 1 heterocycles. The van der Waals surface area contributed by atoms with Crippen LogP contribution in [0, 0.1) is 0 Å². The second-order valence-corrected chi connectivity index (χ2v) is 7.47. The van der Waals surface area contributed by atoms with Gasteiger partial charge in [0.05, 0.1) is 25.5 Å². The van der Waals surface area contributed by atoms with Crippen molar-refractivity contribution in [1.82, 2.24) is 0 Å². The fourth-order valence-electron chi connectivity index (χ4n) is 3.51. The van der Waals surface area contributed by atoms with Gasteiger partial charge in [0.25, 0.3) is 5.91 Å². The molecule has 178 valence electrons. The van der Waals surface area contributed by atoms with E-state index in [0.717, 1.165) is 18.6 Å². The third kappa shape index (κ3) is 6.38. The van der Waals surface area contributed by atoms with Crippen molar-refractivity contribution in [2.45, 2.75) is 38.0 Å². The molecule has 0 radical (unpaired) electrons. The van der Waals surface area contributed by atoms with Crippen LogP contribution in [0.5, 0.6) is 11.5 Å².